The van der Waals surface area contributed by atoms with E-state index in [1.54, 1.807) is 6.07 Å². The Morgan fingerprint density at radius 2 is 2.14 bits per heavy atom. The van der Waals surface area contributed by atoms with Gasteiger partial charge in [-0.2, -0.15) is 0 Å². The van der Waals surface area contributed by atoms with Crippen LogP contribution in [0.4, 0.5) is 11.4 Å². The minimum Gasteiger partial charge on any atom is -0.312 e. The quantitative estimate of drug-likeness (QED) is 0.441. The standard InChI is InChI=1S/C11H10BrClN2O5S/c12-9-2-1-8(4-10(9)15(17)18)14-5-7(3-11(14)16)6-21(13,19)20/h1-2,4,7H,3,5-6H2. The van der Waals surface area contributed by atoms with E-state index < -0.39 is 19.9 Å². The van der Waals surface area contributed by atoms with Gasteiger partial charge >= 0.3 is 0 Å². The highest BCUT2D eigenvalue weighted by Crippen LogP contribution is 2.33. The van der Waals surface area contributed by atoms with Gasteiger partial charge in [-0.15, -0.1) is 0 Å². The summed E-state index contributed by atoms with van der Waals surface area (Å²) in [6.45, 7) is 0.170. The van der Waals surface area contributed by atoms with E-state index in [4.69, 9.17) is 10.7 Å². The molecule has 1 aliphatic rings. The summed E-state index contributed by atoms with van der Waals surface area (Å²) >= 11 is 3.06. The van der Waals surface area contributed by atoms with Crippen molar-refractivity contribution < 1.29 is 18.1 Å². The van der Waals surface area contributed by atoms with Crippen LogP contribution < -0.4 is 4.90 Å². The first-order valence-corrected chi connectivity index (χ1v) is 9.11. The van der Waals surface area contributed by atoms with Gasteiger partial charge in [0.2, 0.25) is 15.0 Å². The van der Waals surface area contributed by atoms with Crippen molar-refractivity contribution in [3.05, 3.63) is 32.8 Å². The maximum atomic E-state index is 11.9. The van der Waals surface area contributed by atoms with Crippen molar-refractivity contribution in [3.63, 3.8) is 0 Å². The average Bonchev–Trinajstić information content (AvgIpc) is 2.68. The third kappa shape index (κ3) is 3.92. The van der Waals surface area contributed by atoms with Crippen LogP contribution >= 0.6 is 26.6 Å². The molecular formula is C11H10BrClN2O5S. The van der Waals surface area contributed by atoms with Crippen LogP contribution in [0.3, 0.4) is 0 Å². The number of amides is 1. The van der Waals surface area contributed by atoms with Gasteiger partial charge in [-0.3, -0.25) is 14.9 Å². The SMILES string of the molecule is O=C1CC(CS(=O)(=O)Cl)CN1c1ccc(Br)c([N+](=O)[O-])c1. The van der Waals surface area contributed by atoms with Gasteiger partial charge in [-0.1, -0.05) is 0 Å². The minimum absolute atomic E-state index is 0.0514. The van der Waals surface area contributed by atoms with E-state index in [1.807, 2.05) is 0 Å². The predicted molar refractivity (Wildman–Crippen MR) is 80.9 cm³/mol. The molecule has 7 nitrogen and oxygen atoms in total. The molecule has 10 heteroatoms. The zero-order valence-corrected chi connectivity index (χ0v) is 13.7. The molecule has 1 aliphatic heterocycles. The molecule has 1 heterocycles. The van der Waals surface area contributed by atoms with E-state index in [0.29, 0.717) is 10.2 Å². The Labute approximate surface area is 133 Å². The number of nitro groups is 1. The van der Waals surface area contributed by atoms with Crippen LogP contribution in [0.1, 0.15) is 6.42 Å². The summed E-state index contributed by atoms with van der Waals surface area (Å²) < 4.78 is 22.4. The molecular weight excluding hydrogens is 388 g/mol. The molecule has 1 saturated heterocycles. The zero-order chi connectivity index (χ0) is 15.8. The number of nitro benzene ring substituents is 1. The molecule has 1 unspecified atom stereocenters. The number of hydrogen-bond donors (Lipinski definition) is 0. The fourth-order valence-corrected chi connectivity index (χ4v) is 3.95. The van der Waals surface area contributed by atoms with Crippen LogP contribution in [0.2, 0.25) is 0 Å². The fourth-order valence-electron chi connectivity index (χ4n) is 2.23. The van der Waals surface area contributed by atoms with E-state index in [-0.39, 0.29) is 30.3 Å². The molecule has 1 aromatic rings. The lowest BCUT2D eigenvalue weighted by atomic mass is 10.1. The number of benzene rings is 1. The smallest absolute Gasteiger partial charge is 0.285 e. The Kier molecular flexibility index (Phi) is 4.54. The third-order valence-corrected chi connectivity index (χ3v) is 5.00. The highest BCUT2D eigenvalue weighted by molar-refractivity contribution is 9.10. The Hall–Kier alpha value is -1.19. The molecule has 0 bridgehead atoms. The van der Waals surface area contributed by atoms with E-state index in [0.717, 1.165) is 0 Å². The molecule has 1 atom stereocenters. The predicted octanol–water partition coefficient (Wildman–Crippen LogP) is 2.28. The summed E-state index contributed by atoms with van der Waals surface area (Å²) in [7, 11) is 1.50. The van der Waals surface area contributed by atoms with E-state index in [9.17, 15) is 23.3 Å². The maximum absolute atomic E-state index is 11.9. The monoisotopic (exact) mass is 396 g/mol. The highest BCUT2D eigenvalue weighted by Gasteiger charge is 2.33. The van der Waals surface area contributed by atoms with Crippen molar-refractivity contribution in [2.75, 3.05) is 17.2 Å². The first kappa shape index (κ1) is 16.2. The summed E-state index contributed by atoms with van der Waals surface area (Å²) in [5.41, 5.74) is 0.207. The largest absolute Gasteiger partial charge is 0.312 e. The van der Waals surface area contributed by atoms with Gasteiger partial charge in [0.1, 0.15) is 0 Å². The van der Waals surface area contributed by atoms with Gasteiger partial charge in [0, 0.05) is 35.6 Å². The summed E-state index contributed by atoms with van der Waals surface area (Å²) in [5.74, 6) is -0.991. The lowest BCUT2D eigenvalue weighted by Gasteiger charge is -2.16. The second kappa shape index (κ2) is 5.90. The molecule has 114 valence electrons. The lowest BCUT2D eigenvalue weighted by molar-refractivity contribution is -0.385. The number of anilines is 1. The second-order valence-corrected chi connectivity index (χ2v) is 8.35. The second-order valence-electron chi connectivity index (χ2n) is 4.67. The van der Waals surface area contributed by atoms with Gasteiger partial charge in [0.15, 0.2) is 0 Å². The van der Waals surface area contributed by atoms with Crippen LogP contribution in [0, 0.1) is 16.0 Å². The zero-order valence-electron chi connectivity index (χ0n) is 10.5. The summed E-state index contributed by atoms with van der Waals surface area (Å²) in [4.78, 5) is 23.6. The number of rotatable bonds is 4. The highest BCUT2D eigenvalue weighted by atomic mass is 79.9. The van der Waals surface area contributed by atoms with Crippen LogP contribution in [0.25, 0.3) is 0 Å². The lowest BCUT2D eigenvalue weighted by Crippen LogP contribution is -2.25. The molecule has 0 aliphatic carbocycles. The molecule has 0 N–H and O–H groups in total. The van der Waals surface area contributed by atoms with E-state index >= 15 is 0 Å². The van der Waals surface area contributed by atoms with Crippen molar-refractivity contribution >= 4 is 52.9 Å². The Morgan fingerprint density at radius 3 is 2.71 bits per heavy atom. The summed E-state index contributed by atoms with van der Waals surface area (Å²) in [6.07, 6.45) is 0.0514. The van der Waals surface area contributed by atoms with E-state index in [1.165, 1.54) is 17.0 Å². The molecule has 0 radical (unpaired) electrons. The molecule has 1 amide bonds. The molecule has 0 saturated carbocycles. The van der Waals surface area contributed by atoms with Gasteiger partial charge in [-0.05, 0) is 28.1 Å². The van der Waals surface area contributed by atoms with Gasteiger partial charge < -0.3 is 4.90 Å². The average molecular weight is 398 g/mol. The molecule has 2 rings (SSSR count). The Balaban J connectivity index is 2.25. The number of hydrogen-bond acceptors (Lipinski definition) is 5. The van der Waals surface area contributed by atoms with Crippen LogP contribution in [-0.2, 0) is 13.8 Å². The van der Waals surface area contributed by atoms with Gasteiger partial charge in [0.05, 0.1) is 20.8 Å². The first-order chi connectivity index (χ1) is 9.67. The van der Waals surface area contributed by atoms with Crippen molar-refractivity contribution in [2.24, 2.45) is 5.92 Å². The third-order valence-electron chi connectivity index (χ3n) is 3.08. The van der Waals surface area contributed by atoms with Crippen molar-refractivity contribution in [3.8, 4) is 0 Å². The van der Waals surface area contributed by atoms with Crippen LogP contribution in [0.15, 0.2) is 22.7 Å². The normalized spacial score (nSPS) is 19.0. The van der Waals surface area contributed by atoms with Crippen molar-refractivity contribution in [1.82, 2.24) is 0 Å². The fraction of sp³-hybridized carbons (Fsp3) is 0.364. The molecule has 0 aromatic heterocycles. The number of nitrogens with zero attached hydrogens (tertiary/aromatic N) is 2. The minimum atomic E-state index is -3.69. The maximum Gasteiger partial charge on any atom is 0.285 e. The van der Waals surface area contributed by atoms with Gasteiger partial charge in [-0.25, -0.2) is 8.42 Å². The number of halogens is 2. The molecule has 0 spiro atoms. The number of carbonyl (C=O) groups excluding carboxylic acids is 1. The van der Waals surface area contributed by atoms with Gasteiger partial charge in [0.25, 0.3) is 5.69 Å². The molecule has 1 aromatic carbocycles. The van der Waals surface area contributed by atoms with Crippen molar-refractivity contribution in [1.29, 1.82) is 0 Å². The Morgan fingerprint density at radius 1 is 1.48 bits per heavy atom. The topological polar surface area (TPSA) is 97.6 Å². The van der Waals surface area contributed by atoms with E-state index in [2.05, 4.69) is 15.9 Å². The summed E-state index contributed by atoms with van der Waals surface area (Å²) in [6, 6.07) is 4.32. The molecule has 21 heavy (non-hydrogen) atoms. The number of carbonyl (C=O) groups is 1. The Bertz CT molecular complexity index is 709. The molecule has 1 fully saturated rings. The summed E-state index contributed by atoms with van der Waals surface area (Å²) in [5, 5.41) is 10.9. The van der Waals surface area contributed by atoms with Crippen LogP contribution in [0.5, 0.6) is 0 Å². The first-order valence-electron chi connectivity index (χ1n) is 5.84. The van der Waals surface area contributed by atoms with Crippen molar-refractivity contribution in [2.45, 2.75) is 6.42 Å². The van der Waals surface area contributed by atoms with Crippen LogP contribution in [-0.4, -0.2) is 31.5 Å².